The highest BCUT2D eigenvalue weighted by atomic mass is 79.9. The third-order valence-corrected chi connectivity index (χ3v) is 1.52. The van der Waals surface area contributed by atoms with Gasteiger partial charge in [-0.25, -0.2) is 0 Å². The summed E-state index contributed by atoms with van der Waals surface area (Å²) in [5.41, 5.74) is 0. The van der Waals surface area contributed by atoms with E-state index >= 15 is 0 Å². The molecule has 0 aliphatic heterocycles. The highest BCUT2D eigenvalue weighted by Gasteiger charge is 1.86. The Hall–Kier alpha value is 0.440. The van der Waals surface area contributed by atoms with Crippen molar-refractivity contribution in [2.75, 3.05) is 13.1 Å². The molecule has 0 aromatic rings. The predicted molar refractivity (Wildman–Crippen MR) is 41.5 cm³/mol. The smallest absolute Gasteiger partial charge is 0.0755 e. The van der Waals surface area contributed by atoms with Gasteiger partial charge in [0.25, 0.3) is 0 Å². The number of quaternary nitrogens is 1. The standard InChI is InChI=1S/C8H19N.BrH/c1-3-5-7-9-8-6-4-2;/h9H,3-8H2,1-2H3;1H. The molecule has 0 saturated heterocycles. The maximum atomic E-state index is 2.42. The minimum absolute atomic E-state index is 0. The lowest BCUT2D eigenvalue weighted by Gasteiger charge is -1.96. The van der Waals surface area contributed by atoms with E-state index in [1.807, 2.05) is 0 Å². The van der Waals surface area contributed by atoms with Crippen LogP contribution in [0.15, 0.2) is 0 Å². The fourth-order valence-corrected chi connectivity index (χ4v) is 0.841. The van der Waals surface area contributed by atoms with Crippen molar-refractivity contribution < 1.29 is 22.3 Å². The zero-order chi connectivity index (χ0) is 6.95. The van der Waals surface area contributed by atoms with Gasteiger partial charge in [-0.05, 0) is 12.8 Å². The second-order valence-electron chi connectivity index (χ2n) is 2.57. The van der Waals surface area contributed by atoms with Crippen molar-refractivity contribution in [3.8, 4) is 0 Å². The highest BCUT2D eigenvalue weighted by molar-refractivity contribution is 4.28. The number of hydrogen-bond donors (Lipinski definition) is 1. The quantitative estimate of drug-likeness (QED) is 0.496. The second-order valence-corrected chi connectivity index (χ2v) is 2.57. The lowest BCUT2D eigenvalue weighted by atomic mass is 10.3. The van der Waals surface area contributed by atoms with Crippen LogP contribution in [-0.2, 0) is 0 Å². The molecule has 0 aromatic heterocycles. The minimum atomic E-state index is 0. The second kappa shape index (κ2) is 12.1. The molecule has 2 heteroatoms. The van der Waals surface area contributed by atoms with Gasteiger partial charge in [-0.1, -0.05) is 26.7 Å². The molecule has 0 radical (unpaired) electrons. The Morgan fingerprint density at radius 2 is 1.30 bits per heavy atom. The van der Waals surface area contributed by atoms with Gasteiger partial charge in [0.05, 0.1) is 13.1 Å². The van der Waals surface area contributed by atoms with Crippen molar-refractivity contribution >= 4 is 0 Å². The van der Waals surface area contributed by atoms with Crippen molar-refractivity contribution in [3.63, 3.8) is 0 Å². The largest absolute Gasteiger partial charge is 1.00 e. The third kappa shape index (κ3) is 11.3. The summed E-state index contributed by atoms with van der Waals surface area (Å²) in [4.78, 5) is 0. The molecule has 0 rings (SSSR count). The van der Waals surface area contributed by atoms with Gasteiger partial charge in [0.15, 0.2) is 0 Å². The summed E-state index contributed by atoms with van der Waals surface area (Å²) >= 11 is 0. The van der Waals surface area contributed by atoms with Crippen molar-refractivity contribution in [3.05, 3.63) is 0 Å². The van der Waals surface area contributed by atoms with Crippen LogP contribution in [0.3, 0.4) is 0 Å². The molecule has 0 aliphatic carbocycles. The molecule has 0 amide bonds. The van der Waals surface area contributed by atoms with Crippen LogP contribution in [0, 0.1) is 0 Å². The van der Waals surface area contributed by atoms with Crippen LogP contribution in [-0.4, -0.2) is 13.1 Å². The van der Waals surface area contributed by atoms with Crippen LogP contribution in [0.5, 0.6) is 0 Å². The van der Waals surface area contributed by atoms with Crippen molar-refractivity contribution in [1.29, 1.82) is 0 Å². The zero-order valence-electron chi connectivity index (χ0n) is 7.20. The summed E-state index contributed by atoms with van der Waals surface area (Å²) in [6.07, 6.45) is 5.43. The number of unbranched alkanes of at least 4 members (excludes halogenated alkanes) is 2. The zero-order valence-corrected chi connectivity index (χ0v) is 8.78. The molecule has 0 bridgehead atoms. The van der Waals surface area contributed by atoms with Crippen LogP contribution in [0.1, 0.15) is 39.5 Å². The van der Waals surface area contributed by atoms with E-state index in [4.69, 9.17) is 0 Å². The number of rotatable bonds is 6. The molecule has 0 unspecified atom stereocenters. The molecular formula is C8H20BrN. The Labute approximate surface area is 75.4 Å². The van der Waals surface area contributed by atoms with Gasteiger partial charge in [0.1, 0.15) is 0 Å². The number of halogens is 1. The van der Waals surface area contributed by atoms with E-state index < -0.39 is 0 Å². The van der Waals surface area contributed by atoms with E-state index in [1.165, 1.54) is 38.8 Å². The molecule has 0 spiro atoms. The van der Waals surface area contributed by atoms with E-state index in [1.54, 1.807) is 0 Å². The first kappa shape index (κ1) is 13.1. The average molecular weight is 210 g/mol. The SMILES string of the molecule is CCCC[NH2+]CCCC.[Br-]. The molecule has 0 aliphatic rings. The van der Waals surface area contributed by atoms with Gasteiger partial charge in [-0.2, -0.15) is 0 Å². The normalized spacial score (nSPS) is 9.00. The maximum Gasteiger partial charge on any atom is 0.0755 e. The first-order chi connectivity index (χ1) is 4.41. The minimum Gasteiger partial charge on any atom is -1.00 e. The fourth-order valence-electron chi connectivity index (χ4n) is 0.841. The Morgan fingerprint density at radius 1 is 0.900 bits per heavy atom. The van der Waals surface area contributed by atoms with E-state index in [0.717, 1.165) is 0 Å². The van der Waals surface area contributed by atoms with Crippen LogP contribution in [0.25, 0.3) is 0 Å². The predicted octanol–water partition coefficient (Wildman–Crippen LogP) is -1.85. The van der Waals surface area contributed by atoms with Gasteiger partial charge in [0.2, 0.25) is 0 Å². The van der Waals surface area contributed by atoms with Gasteiger partial charge in [-0.3, -0.25) is 0 Å². The van der Waals surface area contributed by atoms with Crippen molar-refractivity contribution in [1.82, 2.24) is 0 Å². The molecule has 0 heterocycles. The first-order valence-electron chi connectivity index (χ1n) is 4.23. The lowest BCUT2D eigenvalue weighted by molar-refractivity contribution is -0.655. The van der Waals surface area contributed by atoms with Gasteiger partial charge in [0, 0.05) is 0 Å². The molecule has 0 atom stereocenters. The molecule has 0 aromatic carbocycles. The topological polar surface area (TPSA) is 16.6 Å². The summed E-state index contributed by atoms with van der Waals surface area (Å²) in [5, 5.41) is 2.42. The van der Waals surface area contributed by atoms with Gasteiger partial charge >= 0.3 is 0 Å². The van der Waals surface area contributed by atoms with Crippen LogP contribution in [0.4, 0.5) is 0 Å². The monoisotopic (exact) mass is 209 g/mol. The summed E-state index contributed by atoms with van der Waals surface area (Å²) < 4.78 is 0. The van der Waals surface area contributed by atoms with Crippen molar-refractivity contribution in [2.24, 2.45) is 0 Å². The molecule has 0 saturated carbocycles. The van der Waals surface area contributed by atoms with Crippen LogP contribution in [0.2, 0.25) is 0 Å². The molecule has 64 valence electrons. The van der Waals surface area contributed by atoms with Gasteiger partial charge in [-0.15, -0.1) is 0 Å². The van der Waals surface area contributed by atoms with Crippen LogP contribution < -0.4 is 22.3 Å². The Morgan fingerprint density at radius 3 is 1.60 bits per heavy atom. The summed E-state index contributed by atoms with van der Waals surface area (Å²) in [6.45, 7) is 7.15. The summed E-state index contributed by atoms with van der Waals surface area (Å²) in [6, 6.07) is 0. The summed E-state index contributed by atoms with van der Waals surface area (Å²) in [7, 11) is 0. The Kier molecular flexibility index (Phi) is 15.9. The molecular weight excluding hydrogens is 190 g/mol. The Balaban J connectivity index is 0. The van der Waals surface area contributed by atoms with E-state index in [2.05, 4.69) is 19.2 Å². The molecule has 2 N–H and O–H groups in total. The number of hydrogen-bond acceptors (Lipinski definition) is 0. The summed E-state index contributed by atoms with van der Waals surface area (Å²) in [5.74, 6) is 0. The first-order valence-corrected chi connectivity index (χ1v) is 4.23. The molecule has 1 nitrogen and oxygen atoms in total. The fraction of sp³-hybridized carbons (Fsp3) is 1.00. The number of nitrogens with two attached hydrogens (primary N) is 1. The average Bonchev–Trinajstić information content (AvgIpc) is 1.89. The van der Waals surface area contributed by atoms with Crippen molar-refractivity contribution in [2.45, 2.75) is 39.5 Å². The van der Waals surface area contributed by atoms with E-state index in [-0.39, 0.29) is 17.0 Å². The van der Waals surface area contributed by atoms with E-state index in [0.29, 0.717) is 0 Å². The van der Waals surface area contributed by atoms with Gasteiger partial charge < -0.3 is 22.3 Å². The third-order valence-electron chi connectivity index (χ3n) is 1.52. The Bertz CT molecular complexity index is 42.5. The van der Waals surface area contributed by atoms with Crippen LogP contribution >= 0.6 is 0 Å². The lowest BCUT2D eigenvalue weighted by Crippen LogP contribution is -3.00. The molecule has 10 heavy (non-hydrogen) atoms. The van der Waals surface area contributed by atoms with E-state index in [9.17, 15) is 0 Å². The molecule has 0 fully saturated rings. The highest BCUT2D eigenvalue weighted by Crippen LogP contribution is 1.80. The maximum absolute atomic E-state index is 2.42.